The number of carbonyl (C=O) groups is 1. The van der Waals surface area contributed by atoms with Crippen LogP contribution in [0.3, 0.4) is 0 Å². The second-order valence-electron chi connectivity index (χ2n) is 7.02. The van der Waals surface area contributed by atoms with Crippen LogP contribution in [0.25, 0.3) is 0 Å². The largest absolute Gasteiger partial charge is 0.351 e. The average molecular weight is 394 g/mol. The zero-order valence-electron chi connectivity index (χ0n) is 14.3. The lowest BCUT2D eigenvalue weighted by molar-refractivity contribution is -0.122. The first-order valence-electron chi connectivity index (χ1n) is 9.16. The highest BCUT2D eigenvalue weighted by Gasteiger charge is 2.27. The summed E-state index contributed by atoms with van der Waals surface area (Å²) in [5.74, 6) is 0.102. The molecular weight excluding hydrogens is 366 g/mol. The molecule has 2 N–H and O–H groups in total. The van der Waals surface area contributed by atoms with Gasteiger partial charge in [0, 0.05) is 24.5 Å². The smallest absolute Gasteiger partial charge is 0.237 e. The molecule has 0 radical (unpaired) electrons. The molecule has 2 aliphatic heterocycles. The number of likely N-dealkylation sites (tertiary alicyclic amines) is 1. The Morgan fingerprint density at radius 2 is 1.79 bits per heavy atom. The Morgan fingerprint density at radius 1 is 1.12 bits per heavy atom. The summed E-state index contributed by atoms with van der Waals surface area (Å²) in [6, 6.07) is 8.63. The van der Waals surface area contributed by atoms with Gasteiger partial charge in [0.2, 0.25) is 5.91 Å². The molecule has 2 aliphatic rings. The molecule has 2 heterocycles. The van der Waals surface area contributed by atoms with Crippen LogP contribution < -0.4 is 10.6 Å². The number of alkyl halides is 1. The van der Waals surface area contributed by atoms with Crippen molar-refractivity contribution in [3.63, 3.8) is 0 Å². The van der Waals surface area contributed by atoms with E-state index in [2.05, 4.69) is 55.7 Å². The van der Waals surface area contributed by atoms with Crippen LogP contribution in [0.5, 0.6) is 0 Å². The van der Waals surface area contributed by atoms with Gasteiger partial charge >= 0.3 is 0 Å². The van der Waals surface area contributed by atoms with Crippen molar-refractivity contribution in [2.24, 2.45) is 0 Å². The number of halogens is 1. The Hall–Kier alpha value is -0.910. The number of nitrogens with one attached hydrogen (secondary N) is 2. The zero-order valence-corrected chi connectivity index (χ0v) is 15.9. The predicted octanol–water partition coefficient (Wildman–Crippen LogP) is 2.80. The molecule has 24 heavy (non-hydrogen) atoms. The Morgan fingerprint density at radius 3 is 2.42 bits per heavy atom. The Kier molecular flexibility index (Phi) is 6.69. The minimum atomic E-state index is -0.0586. The van der Waals surface area contributed by atoms with Crippen molar-refractivity contribution < 1.29 is 4.79 Å². The zero-order chi connectivity index (χ0) is 16.8. The molecule has 4 nitrogen and oxygen atoms in total. The minimum Gasteiger partial charge on any atom is -0.351 e. The van der Waals surface area contributed by atoms with E-state index in [0.717, 1.165) is 25.1 Å². The van der Waals surface area contributed by atoms with Gasteiger partial charge in [0.1, 0.15) is 0 Å². The van der Waals surface area contributed by atoms with Crippen molar-refractivity contribution in [3.05, 3.63) is 35.4 Å². The molecule has 2 atom stereocenters. The molecule has 1 amide bonds. The molecule has 132 valence electrons. The van der Waals surface area contributed by atoms with E-state index in [0.29, 0.717) is 11.4 Å². The fourth-order valence-corrected chi connectivity index (χ4v) is 4.08. The van der Waals surface area contributed by atoms with Crippen molar-refractivity contribution in [1.82, 2.24) is 15.5 Å². The van der Waals surface area contributed by atoms with Gasteiger partial charge in [-0.05, 0) is 43.5 Å². The lowest BCUT2D eigenvalue weighted by atomic mass is 10.1. The molecule has 2 saturated heterocycles. The second-order valence-corrected chi connectivity index (χ2v) is 8.31. The first kappa shape index (κ1) is 17.9. The average Bonchev–Trinajstić information content (AvgIpc) is 2.87. The van der Waals surface area contributed by atoms with Gasteiger partial charge in [0.15, 0.2) is 0 Å². The Bertz CT molecular complexity index is 526. The van der Waals surface area contributed by atoms with Crippen molar-refractivity contribution in [2.75, 3.05) is 19.6 Å². The number of carbonyl (C=O) groups excluding carboxylic acids is 1. The molecule has 1 aromatic carbocycles. The topological polar surface area (TPSA) is 44.4 Å². The van der Waals surface area contributed by atoms with Crippen molar-refractivity contribution >= 4 is 21.8 Å². The number of benzene rings is 1. The summed E-state index contributed by atoms with van der Waals surface area (Å²) in [6.07, 6.45) is 6.27. The van der Waals surface area contributed by atoms with Crippen LogP contribution in [0, 0.1) is 0 Å². The number of nitrogens with zero attached hydrogens (tertiary/aromatic N) is 1. The lowest BCUT2D eigenvalue weighted by Gasteiger charge is -2.19. The Labute approximate surface area is 153 Å². The number of hydrogen-bond acceptors (Lipinski definition) is 3. The van der Waals surface area contributed by atoms with E-state index in [-0.39, 0.29) is 11.9 Å². The van der Waals surface area contributed by atoms with Crippen molar-refractivity contribution in [3.8, 4) is 0 Å². The molecule has 0 aliphatic carbocycles. The van der Waals surface area contributed by atoms with Crippen molar-refractivity contribution in [2.45, 2.75) is 56.1 Å². The van der Waals surface area contributed by atoms with Crippen LogP contribution in [0.1, 0.15) is 43.2 Å². The van der Waals surface area contributed by atoms with Crippen LogP contribution in [0.2, 0.25) is 0 Å². The highest BCUT2D eigenvalue weighted by atomic mass is 79.9. The van der Waals surface area contributed by atoms with Gasteiger partial charge in [0.05, 0.1) is 6.04 Å². The van der Waals surface area contributed by atoms with Crippen LogP contribution in [-0.4, -0.2) is 41.3 Å². The quantitative estimate of drug-likeness (QED) is 0.755. The van der Waals surface area contributed by atoms with Crippen molar-refractivity contribution in [1.29, 1.82) is 0 Å². The van der Waals surface area contributed by atoms with E-state index in [1.165, 1.54) is 44.3 Å². The molecule has 2 fully saturated rings. The maximum absolute atomic E-state index is 12.1. The van der Waals surface area contributed by atoms with Gasteiger partial charge in [-0.3, -0.25) is 9.69 Å². The van der Waals surface area contributed by atoms with E-state index < -0.39 is 0 Å². The molecule has 0 saturated carbocycles. The third-order valence-corrected chi connectivity index (χ3v) is 5.69. The van der Waals surface area contributed by atoms with Gasteiger partial charge < -0.3 is 10.6 Å². The minimum absolute atomic E-state index is 0.0586. The van der Waals surface area contributed by atoms with Crippen LogP contribution in [0.4, 0.5) is 0 Å². The molecule has 0 spiro atoms. The first-order chi connectivity index (χ1) is 11.7. The Balaban J connectivity index is 1.45. The highest BCUT2D eigenvalue weighted by molar-refractivity contribution is 9.09. The first-order valence-corrected chi connectivity index (χ1v) is 10.1. The van der Waals surface area contributed by atoms with Gasteiger partial charge in [-0.1, -0.05) is 53.0 Å². The monoisotopic (exact) mass is 393 g/mol. The molecule has 2 unspecified atom stereocenters. The fraction of sp³-hybridized carbons (Fsp3) is 0.632. The lowest BCUT2D eigenvalue weighted by Crippen LogP contribution is -2.39. The van der Waals surface area contributed by atoms with Gasteiger partial charge in [-0.25, -0.2) is 0 Å². The van der Waals surface area contributed by atoms with E-state index >= 15 is 0 Å². The van der Waals surface area contributed by atoms with Gasteiger partial charge in [-0.15, -0.1) is 0 Å². The molecule has 0 aromatic heterocycles. The summed E-state index contributed by atoms with van der Waals surface area (Å²) >= 11 is 3.55. The standard InChI is InChI=1S/C19H28BrN3O/c20-17-11-18(21-13-17)19(24)22-12-15-5-7-16(8-6-15)14-23-9-3-1-2-4-10-23/h5-8,17-18,21H,1-4,9-14H2,(H,22,24). The normalized spacial score (nSPS) is 25.4. The third-order valence-electron chi connectivity index (χ3n) is 4.99. The molecular formula is C19H28BrN3O. The SMILES string of the molecule is O=C(NCc1ccc(CN2CCCCCC2)cc1)C1CC(Br)CN1. The number of amides is 1. The van der Waals surface area contributed by atoms with E-state index in [9.17, 15) is 4.79 Å². The fourth-order valence-electron chi connectivity index (χ4n) is 3.52. The molecule has 3 rings (SSSR count). The van der Waals surface area contributed by atoms with Crippen LogP contribution in [0.15, 0.2) is 24.3 Å². The summed E-state index contributed by atoms with van der Waals surface area (Å²) in [4.78, 5) is 15.1. The van der Waals surface area contributed by atoms with E-state index in [1.54, 1.807) is 0 Å². The maximum atomic E-state index is 12.1. The van der Waals surface area contributed by atoms with Gasteiger partial charge in [-0.2, -0.15) is 0 Å². The molecule has 5 heteroatoms. The van der Waals surface area contributed by atoms with E-state index in [4.69, 9.17) is 0 Å². The second kappa shape index (κ2) is 8.97. The summed E-state index contributed by atoms with van der Waals surface area (Å²) in [7, 11) is 0. The summed E-state index contributed by atoms with van der Waals surface area (Å²) in [5, 5.41) is 6.28. The van der Waals surface area contributed by atoms with Crippen LogP contribution in [-0.2, 0) is 17.9 Å². The maximum Gasteiger partial charge on any atom is 0.237 e. The predicted molar refractivity (Wildman–Crippen MR) is 101 cm³/mol. The number of rotatable bonds is 5. The van der Waals surface area contributed by atoms with Gasteiger partial charge in [0.25, 0.3) is 0 Å². The van der Waals surface area contributed by atoms with E-state index in [1.807, 2.05) is 0 Å². The third kappa shape index (κ3) is 5.30. The highest BCUT2D eigenvalue weighted by Crippen LogP contribution is 2.15. The number of hydrogen-bond donors (Lipinski definition) is 2. The molecule has 1 aromatic rings. The summed E-state index contributed by atoms with van der Waals surface area (Å²) < 4.78 is 0. The summed E-state index contributed by atoms with van der Waals surface area (Å²) in [5.41, 5.74) is 2.53. The summed E-state index contributed by atoms with van der Waals surface area (Å²) in [6.45, 7) is 4.96. The molecule has 0 bridgehead atoms. The van der Waals surface area contributed by atoms with Crippen LogP contribution >= 0.6 is 15.9 Å².